The zero-order valence-electron chi connectivity index (χ0n) is 12.7. The molecule has 110 valence electrons. The molecule has 0 aliphatic rings. The van der Waals surface area contributed by atoms with E-state index in [9.17, 15) is 4.79 Å². The molecule has 0 aliphatic carbocycles. The highest BCUT2D eigenvalue weighted by molar-refractivity contribution is 5.95. The summed E-state index contributed by atoms with van der Waals surface area (Å²) in [5.41, 5.74) is 9.46. The molecule has 0 saturated carbocycles. The van der Waals surface area contributed by atoms with Gasteiger partial charge in [0.2, 0.25) is 0 Å². The predicted molar refractivity (Wildman–Crippen MR) is 87.4 cm³/mol. The predicted octanol–water partition coefficient (Wildman–Crippen LogP) is 2.61. The van der Waals surface area contributed by atoms with Gasteiger partial charge in [0, 0.05) is 33.3 Å². The van der Waals surface area contributed by atoms with Gasteiger partial charge in [0.05, 0.1) is 11.4 Å². The molecule has 2 aromatic rings. The Labute approximate surface area is 125 Å². The Morgan fingerprint density at radius 2 is 1.71 bits per heavy atom. The van der Waals surface area contributed by atoms with Gasteiger partial charge in [-0.25, -0.2) is 0 Å². The molecule has 4 heteroatoms. The molecule has 21 heavy (non-hydrogen) atoms. The lowest BCUT2D eigenvalue weighted by Gasteiger charge is -2.22. The first kappa shape index (κ1) is 14.9. The molecule has 0 spiro atoms. The van der Waals surface area contributed by atoms with Gasteiger partial charge in [0.25, 0.3) is 5.91 Å². The highest BCUT2D eigenvalue weighted by atomic mass is 16.2. The van der Waals surface area contributed by atoms with Crippen LogP contribution < -0.4 is 10.6 Å². The lowest BCUT2D eigenvalue weighted by Crippen LogP contribution is -2.22. The van der Waals surface area contributed by atoms with E-state index in [-0.39, 0.29) is 5.91 Å². The first-order chi connectivity index (χ1) is 9.99. The van der Waals surface area contributed by atoms with Crippen molar-refractivity contribution in [3.05, 3.63) is 59.7 Å². The molecule has 0 aromatic heterocycles. The van der Waals surface area contributed by atoms with Crippen LogP contribution in [0.4, 0.5) is 11.4 Å². The zero-order chi connectivity index (χ0) is 15.4. The topological polar surface area (TPSA) is 49.6 Å². The van der Waals surface area contributed by atoms with Gasteiger partial charge in [0.15, 0.2) is 0 Å². The Bertz CT molecular complexity index is 623. The zero-order valence-corrected chi connectivity index (χ0v) is 12.7. The van der Waals surface area contributed by atoms with Crippen molar-refractivity contribution in [3.63, 3.8) is 0 Å². The smallest absolute Gasteiger partial charge is 0.253 e. The van der Waals surface area contributed by atoms with E-state index in [4.69, 9.17) is 5.73 Å². The van der Waals surface area contributed by atoms with Gasteiger partial charge in [-0.1, -0.05) is 30.3 Å². The number of amides is 1. The highest BCUT2D eigenvalue weighted by Gasteiger charge is 2.12. The van der Waals surface area contributed by atoms with Crippen molar-refractivity contribution in [1.82, 2.24) is 4.90 Å². The average molecular weight is 283 g/mol. The second kappa shape index (κ2) is 6.31. The van der Waals surface area contributed by atoms with Gasteiger partial charge in [-0.15, -0.1) is 0 Å². The lowest BCUT2D eigenvalue weighted by atomic mass is 10.1. The third-order valence-electron chi connectivity index (χ3n) is 3.35. The lowest BCUT2D eigenvalue weighted by molar-refractivity contribution is 0.0827. The average Bonchev–Trinajstić information content (AvgIpc) is 2.47. The van der Waals surface area contributed by atoms with Crippen LogP contribution in [-0.4, -0.2) is 32.0 Å². The van der Waals surface area contributed by atoms with Gasteiger partial charge in [-0.2, -0.15) is 0 Å². The van der Waals surface area contributed by atoms with Crippen molar-refractivity contribution in [2.75, 3.05) is 31.8 Å². The van der Waals surface area contributed by atoms with Crippen LogP contribution in [0.2, 0.25) is 0 Å². The molecular formula is C17H21N3O. The summed E-state index contributed by atoms with van der Waals surface area (Å²) in [5.74, 6) is -0.0426. The minimum absolute atomic E-state index is 0.0426. The molecule has 0 aliphatic heterocycles. The Morgan fingerprint density at radius 3 is 2.29 bits per heavy atom. The molecule has 2 N–H and O–H groups in total. The van der Waals surface area contributed by atoms with E-state index in [2.05, 4.69) is 17.0 Å². The van der Waals surface area contributed by atoms with E-state index in [0.29, 0.717) is 11.3 Å². The van der Waals surface area contributed by atoms with E-state index >= 15 is 0 Å². The summed E-state index contributed by atoms with van der Waals surface area (Å²) in [6.07, 6.45) is 0. The first-order valence-corrected chi connectivity index (χ1v) is 6.85. The summed E-state index contributed by atoms with van der Waals surface area (Å²) >= 11 is 0. The summed E-state index contributed by atoms with van der Waals surface area (Å²) in [5, 5.41) is 0. The number of hydrogen-bond acceptors (Lipinski definition) is 3. The molecule has 0 unspecified atom stereocenters. The van der Waals surface area contributed by atoms with Gasteiger partial charge in [0.1, 0.15) is 0 Å². The number of carbonyl (C=O) groups excluding carboxylic acids is 1. The molecule has 2 rings (SSSR count). The Morgan fingerprint density at radius 1 is 1.05 bits per heavy atom. The standard InChI is InChI=1S/C17H21N3O/c1-19(2)17(21)14-9-10-16(15(18)11-14)20(3)12-13-7-5-4-6-8-13/h4-11H,12,18H2,1-3H3. The molecule has 0 saturated heterocycles. The molecule has 4 nitrogen and oxygen atoms in total. The molecule has 0 radical (unpaired) electrons. The number of carbonyl (C=O) groups is 1. The third-order valence-corrected chi connectivity index (χ3v) is 3.35. The van der Waals surface area contributed by atoms with Crippen LogP contribution in [-0.2, 0) is 6.54 Å². The molecule has 0 heterocycles. The van der Waals surface area contributed by atoms with Gasteiger partial charge < -0.3 is 15.5 Å². The number of anilines is 2. The van der Waals surface area contributed by atoms with Gasteiger partial charge >= 0.3 is 0 Å². The number of nitrogen functional groups attached to an aromatic ring is 1. The molecule has 2 aromatic carbocycles. The fourth-order valence-electron chi connectivity index (χ4n) is 2.24. The van der Waals surface area contributed by atoms with Crippen molar-refractivity contribution >= 4 is 17.3 Å². The first-order valence-electron chi connectivity index (χ1n) is 6.85. The van der Waals surface area contributed by atoms with Crippen molar-refractivity contribution in [3.8, 4) is 0 Å². The third kappa shape index (κ3) is 3.54. The second-order valence-corrected chi connectivity index (χ2v) is 5.31. The van der Waals surface area contributed by atoms with Gasteiger partial charge in [-0.3, -0.25) is 4.79 Å². The van der Waals surface area contributed by atoms with E-state index in [1.165, 1.54) is 5.56 Å². The second-order valence-electron chi connectivity index (χ2n) is 5.31. The molecule has 0 bridgehead atoms. The largest absolute Gasteiger partial charge is 0.397 e. The number of nitrogens with zero attached hydrogens (tertiary/aromatic N) is 2. The van der Waals surface area contributed by atoms with Crippen LogP contribution in [0.25, 0.3) is 0 Å². The monoisotopic (exact) mass is 283 g/mol. The summed E-state index contributed by atoms with van der Waals surface area (Å²) in [7, 11) is 5.45. The highest BCUT2D eigenvalue weighted by Crippen LogP contribution is 2.25. The van der Waals surface area contributed by atoms with Crippen molar-refractivity contribution < 1.29 is 4.79 Å². The van der Waals surface area contributed by atoms with Crippen LogP contribution in [0.3, 0.4) is 0 Å². The van der Waals surface area contributed by atoms with Crippen LogP contribution >= 0.6 is 0 Å². The number of hydrogen-bond donors (Lipinski definition) is 1. The maximum absolute atomic E-state index is 11.9. The van der Waals surface area contributed by atoms with Crippen LogP contribution in [0, 0.1) is 0 Å². The van der Waals surface area contributed by atoms with Crippen LogP contribution in [0.15, 0.2) is 48.5 Å². The van der Waals surface area contributed by atoms with E-state index < -0.39 is 0 Å². The number of benzene rings is 2. The Balaban J connectivity index is 2.19. The molecule has 0 atom stereocenters. The van der Waals surface area contributed by atoms with Crippen molar-refractivity contribution in [2.45, 2.75) is 6.54 Å². The Kier molecular flexibility index (Phi) is 4.48. The van der Waals surface area contributed by atoms with E-state index in [0.717, 1.165) is 12.2 Å². The van der Waals surface area contributed by atoms with E-state index in [1.807, 2.05) is 37.4 Å². The molecule has 0 fully saturated rings. The van der Waals surface area contributed by atoms with Crippen LogP contribution in [0.1, 0.15) is 15.9 Å². The number of nitrogens with two attached hydrogens (primary N) is 1. The summed E-state index contributed by atoms with van der Waals surface area (Å²) in [4.78, 5) is 15.5. The quantitative estimate of drug-likeness (QED) is 0.878. The molecule has 1 amide bonds. The van der Waals surface area contributed by atoms with Crippen molar-refractivity contribution in [1.29, 1.82) is 0 Å². The van der Waals surface area contributed by atoms with E-state index in [1.54, 1.807) is 25.1 Å². The molecular weight excluding hydrogens is 262 g/mol. The normalized spacial score (nSPS) is 10.2. The maximum atomic E-state index is 11.9. The Hall–Kier alpha value is -2.49. The SMILES string of the molecule is CN(C)C(=O)c1ccc(N(C)Cc2ccccc2)c(N)c1. The van der Waals surface area contributed by atoms with Gasteiger partial charge in [-0.05, 0) is 23.8 Å². The van der Waals surface area contributed by atoms with Crippen LogP contribution in [0.5, 0.6) is 0 Å². The van der Waals surface area contributed by atoms with Crippen molar-refractivity contribution in [2.24, 2.45) is 0 Å². The maximum Gasteiger partial charge on any atom is 0.253 e. The fraction of sp³-hybridized carbons (Fsp3) is 0.235. The summed E-state index contributed by atoms with van der Waals surface area (Å²) < 4.78 is 0. The minimum atomic E-state index is -0.0426. The fourth-order valence-corrected chi connectivity index (χ4v) is 2.24. The minimum Gasteiger partial charge on any atom is -0.397 e. The summed E-state index contributed by atoms with van der Waals surface area (Å²) in [6.45, 7) is 0.770. The number of rotatable bonds is 4. The summed E-state index contributed by atoms with van der Waals surface area (Å²) in [6, 6.07) is 15.6.